The van der Waals surface area contributed by atoms with Crippen molar-refractivity contribution < 1.29 is 32.7 Å². The second-order valence-electron chi connectivity index (χ2n) is 21.2. The molecule has 64 heavy (non-hydrogen) atoms. The molecule has 0 radical (unpaired) electrons. The van der Waals surface area contributed by atoms with Gasteiger partial charge in [0.2, 0.25) is 5.78 Å². The van der Waals surface area contributed by atoms with Gasteiger partial charge in [0.25, 0.3) is 16.6 Å². The maximum atomic E-state index is 15.1. The summed E-state index contributed by atoms with van der Waals surface area (Å²) in [5, 5.41) is 4.54. The number of allylic oxidation sites excluding steroid dienone is 1. The molecule has 0 saturated carbocycles. The molecule has 1 spiro atoms. The Hall–Kier alpha value is -4.39. The van der Waals surface area contributed by atoms with Gasteiger partial charge in [0.15, 0.2) is 11.9 Å². The number of methoxy groups -OCH3 is 1. The van der Waals surface area contributed by atoms with Crippen molar-refractivity contribution in [2.75, 3.05) is 13.7 Å². The van der Waals surface area contributed by atoms with E-state index in [1.54, 1.807) is 7.11 Å². The SMILES string of the molecule is COC1=C2C(C)(C)[C@H]3O[C@@]2(C[C@@H]3O[Si](c2ccccc2)(c2ccccc2)C(C)(C)C)[C@@H](OC(C)=O)C2=C(C[C@H](CCCO[Si](c3ccccc3)(c3ccccc3)C(C)(C)C)CC2)C1=O. The van der Waals surface area contributed by atoms with Crippen LogP contribution in [0.15, 0.2) is 144 Å². The summed E-state index contributed by atoms with van der Waals surface area (Å²) in [6, 6.07) is 42.9. The lowest BCUT2D eigenvalue weighted by molar-refractivity contribution is -0.156. The fourth-order valence-corrected chi connectivity index (χ4v) is 21.5. The third-order valence-corrected chi connectivity index (χ3v) is 24.9. The fraction of sp³-hybridized carbons (Fsp3) is 0.455. The van der Waals surface area contributed by atoms with Crippen LogP contribution in [0.4, 0.5) is 0 Å². The number of carbonyl (C=O) groups excluding carboxylic acids is 2. The summed E-state index contributed by atoms with van der Waals surface area (Å²) in [5.41, 5.74) is 0.545. The van der Waals surface area contributed by atoms with Gasteiger partial charge in [-0.2, -0.15) is 0 Å². The molecule has 2 fully saturated rings. The molecule has 4 aliphatic rings. The van der Waals surface area contributed by atoms with Crippen molar-refractivity contribution in [1.82, 2.24) is 0 Å². The molecule has 2 saturated heterocycles. The first-order chi connectivity index (χ1) is 30.4. The predicted molar refractivity (Wildman–Crippen MR) is 260 cm³/mol. The highest BCUT2D eigenvalue weighted by Gasteiger charge is 2.72. The van der Waals surface area contributed by atoms with Crippen LogP contribution in [0.2, 0.25) is 10.1 Å². The Labute approximate surface area is 383 Å². The molecule has 4 aromatic carbocycles. The Bertz CT molecular complexity index is 2300. The second-order valence-corrected chi connectivity index (χ2v) is 29.7. The van der Waals surface area contributed by atoms with E-state index in [2.05, 4.69) is 177 Å². The molecule has 0 unspecified atom stereocenters. The van der Waals surface area contributed by atoms with Gasteiger partial charge < -0.3 is 23.1 Å². The summed E-state index contributed by atoms with van der Waals surface area (Å²) in [4.78, 5) is 28.4. The standard InChI is InChI=1S/C55H68O7Si2/c1-38(56)60-50-44-34-33-39(24-23-35-59-63(52(2,3)4,40-25-15-11-16-26-40)41-27-17-12-18-28-41)36-45(44)47(57)48(58-10)49-54(8,9)51-46(37-55(49,50)61-51)62-64(53(5,6)7,42-29-19-13-20-30-42)43-31-21-14-22-32-43/h11-22,25-32,39,46,50-51H,23-24,33-37H2,1-10H3/t39-,46+,50+,51+,55-/m1/s1. The minimum absolute atomic E-state index is 0.108. The topological polar surface area (TPSA) is 80.3 Å². The molecule has 2 aliphatic heterocycles. The van der Waals surface area contributed by atoms with E-state index < -0.39 is 45.8 Å². The van der Waals surface area contributed by atoms with E-state index in [9.17, 15) is 4.79 Å². The number of rotatable bonds is 13. The van der Waals surface area contributed by atoms with Crippen LogP contribution in [0.1, 0.15) is 101 Å². The van der Waals surface area contributed by atoms with Crippen molar-refractivity contribution in [2.24, 2.45) is 11.3 Å². The van der Waals surface area contributed by atoms with E-state index in [0.717, 1.165) is 30.4 Å². The zero-order valence-corrected chi connectivity index (χ0v) is 41.7. The van der Waals surface area contributed by atoms with Crippen molar-refractivity contribution in [3.05, 3.63) is 144 Å². The van der Waals surface area contributed by atoms with Gasteiger partial charge in [-0.05, 0) is 74.4 Å². The fourth-order valence-electron chi connectivity index (χ4n) is 12.2. The highest BCUT2D eigenvalue weighted by Crippen LogP contribution is 2.64. The smallest absolute Gasteiger partial charge is 0.303 e. The Morgan fingerprint density at radius 2 is 1.23 bits per heavy atom. The molecule has 2 heterocycles. The molecule has 2 bridgehead atoms. The minimum atomic E-state index is -3.02. The van der Waals surface area contributed by atoms with E-state index in [4.69, 9.17) is 23.1 Å². The minimum Gasteiger partial charge on any atom is -0.493 e. The molecule has 7 nitrogen and oxygen atoms in total. The van der Waals surface area contributed by atoms with Gasteiger partial charge in [-0.3, -0.25) is 9.59 Å². The molecule has 4 aromatic rings. The van der Waals surface area contributed by atoms with Gasteiger partial charge in [0.1, 0.15) is 5.60 Å². The highest BCUT2D eigenvalue weighted by atomic mass is 28.4. The number of esters is 1. The number of ketones is 1. The van der Waals surface area contributed by atoms with Crippen LogP contribution >= 0.6 is 0 Å². The Morgan fingerprint density at radius 3 is 1.69 bits per heavy atom. The summed E-state index contributed by atoms with van der Waals surface area (Å²) in [6.07, 6.45) is 2.70. The lowest BCUT2D eigenvalue weighted by atomic mass is 9.64. The normalized spacial score (nSPS) is 24.6. The van der Waals surface area contributed by atoms with E-state index >= 15 is 4.79 Å². The number of ether oxygens (including phenoxy) is 3. The van der Waals surface area contributed by atoms with Crippen molar-refractivity contribution >= 4 is 49.1 Å². The molecular formula is C55H68O7Si2. The van der Waals surface area contributed by atoms with Crippen LogP contribution < -0.4 is 20.7 Å². The number of hydrogen-bond donors (Lipinski definition) is 0. The molecule has 338 valence electrons. The summed E-state index contributed by atoms with van der Waals surface area (Å²) < 4.78 is 35.2. The maximum absolute atomic E-state index is 15.1. The Morgan fingerprint density at radius 1 is 0.750 bits per heavy atom. The van der Waals surface area contributed by atoms with Crippen LogP contribution in [-0.4, -0.2) is 66.0 Å². The van der Waals surface area contributed by atoms with E-state index in [0.29, 0.717) is 37.2 Å². The number of benzene rings is 4. The van der Waals surface area contributed by atoms with Gasteiger partial charge in [-0.15, -0.1) is 0 Å². The van der Waals surface area contributed by atoms with Gasteiger partial charge in [0, 0.05) is 36.5 Å². The summed E-state index contributed by atoms with van der Waals surface area (Å²) in [7, 11) is -4.11. The first-order valence-corrected chi connectivity index (χ1v) is 27.2. The van der Waals surface area contributed by atoms with Crippen molar-refractivity contribution in [1.29, 1.82) is 0 Å². The monoisotopic (exact) mass is 896 g/mol. The molecule has 8 rings (SSSR count). The van der Waals surface area contributed by atoms with Crippen molar-refractivity contribution in [3.8, 4) is 0 Å². The largest absolute Gasteiger partial charge is 0.493 e. The number of hydrogen-bond acceptors (Lipinski definition) is 7. The summed E-state index contributed by atoms with van der Waals surface area (Å²) >= 11 is 0. The van der Waals surface area contributed by atoms with E-state index in [1.165, 1.54) is 27.7 Å². The zero-order chi connectivity index (χ0) is 45.7. The third-order valence-electron chi connectivity index (χ3n) is 14.8. The molecule has 0 amide bonds. The third kappa shape index (κ3) is 7.63. The lowest BCUT2D eigenvalue weighted by Crippen LogP contribution is -2.69. The Balaban J connectivity index is 1.12. The van der Waals surface area contributed by atoms with Gasteiger partial charge in [0.05, 0.1) is 19.3 Å². The van der Waals surface area contributed by atoms with Crippen LogP contribution in [-0.2, 0) is 32.7 Å². The van der Waals surface area contributed by atoms with Gasteiger partial charge >= 0.3 is 5.97 Å². The van der Waals surface area contributed by atoms with E-state index in [-0.39, 0.29) is 27.9 Å². The first-order valence-electron chi connectivity index (χ1n) is 23.4. The maximum Gasteiger partial charge on any atom is 0.303 e. The van der Waals surface area contributed by atoms with Crippen LogP contribution in [0.5, 0.6) is 0 Å². The van der Waals surface area contributed by atoms with Crippen LogP contribution in [0.3, 0.4) is 0 Å². The van der Waals surface area contributed by atoms with Gasteiger partial charge in [-0.1, -0.05) is 177 Å². The summed E-state index contributed by atoms with van der Waals surface area (Å²) in [6.45, 7) is 20.2. The molecule has 0 N–H and O–H groups in total. The molecule has 9 heteroatoms. The zero-order valence-electron chi connectivity index (χ0n) is 39.7. The average molecular weight is 897 g/mol. The first kappa shape index (κ1) is 46.2. The highest BCUT2D eigenvalue weighted by molar-refractivity contribution is 7.00. The lowest BCUT2D eigenvalue weighted by Gasteiger charge is -2.48. The quantitative estimate of drug-likeness (QED) is 0.0752. The van der Waals surface area contributed by atoms with Crippen LogP contribution in [0, 0.1) is 11.3 Å². The second kappa shape index (κ2) is 17.4. The predicted octanol–water partition coefficient (Wildman–Crippen LogP) is 9.37. The van der Waals surface area contributed by atoms with E-state index in [1.807, 2.05) is 0 Å². The average Bonchev–Trinajstić information content (AvgIpc) is 3.74. The number of fused-ring (bicyclic) bond motifs is 1. The molecule has 2 aliphatic carbocycles. The number of Topliss-reactive ketones (excluding diaryl/α,β-unsaturated/α-hetero) is 1. The van der Waals surface area contributed by atoms with Gasteiger partial charge in [-0.25, -0.2) is 0 Å². The van der Waals surface area contributed by atoms with Crippen molar-refractivity contribution in [2.45, 2.75) is 135 Å². The molecular weight excluding hydrogens is 829 g/mol. The molecule has 5 atom stereocenters. The Kier molecular flexibility index (Phi) is 12.6. The summed E-state index contributed by atoms with van der Waals surface area (Å²) in [5.74, 6) is 0.0684. The van der Waals surface area contributed by atoms with Crippen LogP contribution in [0.25, 0.3) is 0 Å². The number of carbonyl (C=O) groups is 2. The molecule has 0 aromatic heterocycles. The van der Waals surface area contributed by atoms with Crippen molar-refractivity contribution in [3.63, 3.8) is 0 Å².